The van der Waals surface area contributed by atoms with Gasteiger partial charge in [0, 0.05) is 22.4 Å². The van der Waals surface area contributed by atoms with Gasteiger partial charge in [-0.2, -0.15) is 0 Å². The summed E-state index contributed by atoms with van der Waals surface area (Å²) >= 11 is 12.1. The molecule has 2 aromatic heterocycles. The van der Waals surface area contributed by atoms with E-state index in [4.69, 9.17) is 27.6 Å². The summed E-state index contributed by atoms with van der Waals surface area (Å²) in [4.78, 5) is 36.4. The molecule has 0 N–H and O–H groups in total. The Hall–Kier alpha value is -3.22. The molecule has 0 saturated heterocycles. The van der Waals surface area contributed by atoms with Gasteiger partial charge >= 0.3 is 0 Å². The number of halogens is 2. The highest BCUT2D eigenvalue weighted by atomic mass is 35.5. The van der Waals surface area contributed by atoms with E-state index in [2.05, 4.69) is 9.97 Å². The molecule has 1 atom stereocenters. The lowest BCUT2D eigenvalue weighted by molar-refractivity contribution is 0.0969. The molecule has 0 spiro atoms. The summed E-state index contributed by atoms with van der Waals surface area (Å²) in [7, 11) is 0. The summed E-state index contributed by atoms with van der Waals surface area (Å²) in [5.41, 5.74) is 0.870. The van der Waals surface area contributed by atoms with Crippen LogP contribution >= 0.6 is 23.2 Å². The third-order valence-electron chi connectivity index (χ3n) is 4.79. The predicted octanol–water partition coefficient (Wildman–Crippen LogP) is 4.64. The van der Waals surface area contributed by atoms with Crippen LogP contribution in [0.25, 0.3) is 11.0 Å². The number of anilines is 1. The summed E-state index contributed by atoms with van der Waals surface area (Å²) < 4.78 is 5.85. The molecule has 8 heteroatoms. The summed E-state index contributed by atoms with van der Waals surface area (Å²) in [5, 5.41) is 1.25. The van der Waals surface area contributed by atoms with Crippen molar-refractivity contribution in [2.75, 3.05) is 4.90 Å². The average molecular weight is 424 g/mol. The predicted molar refractivity (Wildman–Crippen MR) is 110 cm³/mol. The standard InChI is InChI=1S/C21H11Cl2N3O3/c22-12-4-2-11(3-5-12)17-16-18(27)14-10-13(23)6-7-15(14)29-19(16)20(28)26(17)21-24-8-1-9-25-21/h1-10,17H. The number of benzene rings is 2. The molecule has 0 bridgehead atoms. The topological polar surface area (TPSA) is 76.3 Å². The summed E-state index contributed by atoms with van der Waals surface area (Å²) in [6.07, 6.45) is 3.06. The van der Waals surface area contributed by atoms with E-state index in [0.29, 0.717) is 21.0 Å². The van der Waals surface area contributed by atoms with Gasteiger partial charge in [0.05, 0.1) is 17.0 Å². The summed E-state index contributed by atoms with van der Waals surface area (Å²) in [5.74, 6) is -0.345. The van der Waals surface area contributed by atoms with Crippen molar-refractivity contribution >= 4 is 46.0 Å². The van der Waals surface area contributed by atoms with E-state index in [-0.39, 0.29) is 28.3 Å². The average Bonchev–Trinajstić information content (AvgIpc) is 3.03. The fourth-order valence-corrected chi connectivity index (χ4v) is 3.83. The van der Waals surface area contributed by atoms with Crippen molar-refractivity contribution in [2.24, 2.45) is 0 Å². The van der Waals surface area contributed by atoms with Crippen molar-refractivity contribution in [3.05, 3.63) is 98.1 Å². The molecular weight excluding hydrogens is 413 g/mol. The lowest BCUT2D eigenvalue weighted by atomic mass is 9.99. The first-order chi connectivity index (χ1) is 14.0. The van der Waals surface area contributed by atoms with Crippen molar-refractivity contribution in [3.63, 3.8) is 0 Å². The number of rotatable bonds is 2. The quantitative estimate of drug-likeness (QED) is 0.469. The van der Waals surface area contributed by atoms with Gasteiger partial charge in [-0.05, 0) is 42.0 Å². The maximum atomic E-state index is 13.4. The van der Waals surface area contributed by atoms with Gasteiger partial charge in [0.15, 0.2) is 5.43 Å². The molecule has 1 unspecified atom stereocenters. The van der Waals surface area contributed by atoms with Gasteiger partial charge in [-0.1, -0.05) is 35.3 Å². The summed E-state index contributed by atoms with van der Waals surface area (Å²) in [6, 6.07) is 12.5. The van der Waals surface area contributed by atoms with Crippen LogP contribution in [-0.2, 0) is 0 Å². The van der Waals surface area contributed by atoms with Gasteiger partial charge in [-0.3, -0.25) is 14.5 Å². The van der Waals surface area contributed by atoms with Crippen molar-refractivity contribution in [1.29, 1.82) is 0 Å². The number of carbonyl (C=O) groups is 1. The maximum Gasteiger partial charge on any atom is 0.297 e. The highest BCUT2D eigenvalue weighted by Gasteiger charge is 2.44. The Morgan fingerprint density at radius 2 is 1.62 bits per heavy atom. The second-order valence-corrected chi connectivity index (χ2v) is 7.37. The van der Waals surface area contributed by atoms with E-state index in [9.17, 15) is 9.59 Å². The number of fused-ring (bicyclic) bond motifs is 2. The minimum absolute atomic E-state index is 0.0303. The van der Waals surface area contributed by atoms with E-state index in [1.165, 1.54) is 23.4 Å². The van der Waals surface area contributed by atoms with Crippen molar-refractivity contribution < 1.29 is 9.21 Å². The Bertz CT molecular complexity index is 1320. The van der Waals surface area contributed by atoms with Gasteiger partial charge < -0.3 is 4.42 Å². The smallest absolute Gasteiger partial charge is 0.297 e. The van der Waals surface area contributed by atoms with Gasteiger partial charge in [-0.15, -0.1) is 0 Å². The molecule has 4 aromatic rings. The van der Waals surface area contributed by atoms with Crippen LogP contribution in [0.3, 0.4) is 0 Å². The molecule has 5 rings (SSSR count). The molecule has 1 aliphatic rings. The molecular formula is C21H11Cl2N3O3. The van der Waals surface area contributed by atoms with Crippen molar-refractivity contribution in [1.82, 2.24) is 9.97 Å². The van der Waals surface area contributed by atoms with Crippen LogP contribution in [0.15, 0.2) is 70.1 Å². The molecule has 2 aromatic carbocycles. The van der Waals surface area contributed by atoms with E-state index in [0.717, 1.165) is 0 Å². The largest absolute Gasteiger partial charge is 0.450 e. The van der Waals surface area contributed by atoms with Gasteiger partial charge in [0.2, 0.25) is 11.7 Å². The molecule has 6 nitrogen and oxygen atoms in total. The normalized spacial score (nSPS) is 15.7. The van der Waals surface area contributed by atoms with Crippen LogP contribution in [-0.4, -0.2) is 15.9 Å². The summed E-state index contributed by atoms with van der Waals surface area (Å²) in [6.45, 7) is 0. The molecule has 1 amide bonds. The highest BCUT2D eigenvalue weighted by molar-refractivity contribution is 6.31. The second kappa shape index (κ2) is 6.69. The minimum atomic E-state index is -0.753. The number of nitrogens with zero attached hydrogens (tertiary/aromatic N) is 3. The minimum Gasteiger partial charge on any atom is -0.450 e. The van der Waals surface area contributed by atoms with Crippen molar-refractivity contribution in [2.45, 2.75) is 6.04 Å². The molecule has 0 saturated carbocycles. The Balaban J connectivity index is 1.83. The van der Waals surface area contributed by atoms with E-state index in [1.54, 1.807) is 42.5 Å². The highest BCUT2D eigenvalue weighted by Crippen LogP contribution is 2.40. The first kappa shape index (κ1) is 17.8. The Kier molecular flexibility index (Phi) is 4.12. The Morgan fingerprint density at radius 1 is 0.931 bits per heavy atom. The Morgan fingerprint density at radius 3 is 2.34 bits per heavy atom. The molecule has 142 valence electrons. The molecule has 0 radical (unpaired) electrons. The van der Waals surface area contributed by atoms with Crippen LogP contribution in [0.2, 0.25) is 10.0 Å². The van der Waals surface area contributed by atoms with Gasteiger partial charge in [0.1, 0.15) is 5.58 Å². The molecule has 3 heterocycles. The lowest BCUT2D eigenvalue weighted by Gasteiger charge is -2.23. The maximum absolute atomic E-state index is 13.4. The fourth-order valence-electron chi connectivity index (χ4n) is 3.53. The number of hydrogen-bond donors (Lipinski definition) is 0. The van der Waals surface area contributed by atoms with Gasteiger partial charge in [0.25, 0.3) is 5.91 Å². The number of aromatic nitrogens is 2. The molecule has 1 aliphatic heterocycles. The van der Waals surface area contributed by atoms with E-state index in [1.807, 2.05) is 0 Å². The molecule has 29 heavy (non-hydrogen) atoms. The fraction of sp³-hybridized carbons (Fsp3) is 0.0476. The van der Waals surface area contributed by atoms with Gasteiger partial charge in [-0.25, -0.2) is 9.97 Å². The zero-order valence-corrected chi connectivity index (χ0v) is 16.2. The first-order valence-corrected chi connectivity index (χ1v) is 9.42. The SMILES string of the molecule is O=C1c2oc3ccc(Cl)cc3c(=O)c2C(c2ccc(Cl)cc2)N1c1ncccn1. The molecule has 0 fully saturated rings. The number of carbonyl (C=O) groups excluding carboxylic acids is 1. The lowest BCUT2D eigenvalue weighted by Crippen LogP contribution is -2.31. The Labute approximate surface area is 174 Å². The third-order valence-corrected chi connectivity index (χ3v) is 5.27. The van der Waals surface area contributed by atoms with Crippen LogP contribution in [0.5, 0.6) is 0 Å². The molecule has 0 aliphatic carbocycles. The van der Waals surface area contributed by atoms with Crippen LogP contribution < -0.4 is 10.3 Å². The number of amides is 1. The van der Waals surface area contributed by atoms with E-state index < -0.39 is 11.9 Å². The first-order valence-electron chi connectivity index (χ1n) is 8.67. The van der Waals surface area contributed by atoms with Crippen molar-refractivity contribution in [3.8, 4) is 0 Å². The third kappa shape index (κ3) is 2.80. The monoisotopic (exact) mass is 423 g/mol. The van der Waals surface area contributed by atoms with Crippen LogP contribution in [0, 0.1) is 0 Å². The second-order valence-electron chi connectivity index (χ2n) is 6.49. The van der Waals surface area contributed by atoms with Crippen LogP contribution in [0.4, 0.5) is 5.95 Å². The van der Waals surface area contributed by atoms with Crippen LogP contribution in [0.1, 0.15) is 27.7 Å². The zero-order chi connectivity index (χ0) is 20.1. The van der Waals surface area contributed by atoms with E-state index >= 15 is 0 Å². The zero-order valence-electron chi connectivity index (χ0n) is 14.7. The number of hydrogen-bond acceptors (Lipinski definition) is 5.